The van der Waals surface area contributed by atoms with Crippen molar-refractivity contribution in [3.8, 4) is 5.75 Å². The number of rotatable bonds is 9. The van der Waals surface area contributed by atoms with Gasteiger partial charge in [0.2, 0.25) is 11.8 Å². The summed E-state index contributed by atoms with van der Waals surface area (Å²) in [5.41, 5.74) is 4.17. The van der Waals surface area contributed by atoms with Gasteiger partial charge in [-0.1, -0.05) is 55.3 Å². The molecule has 0 bridgehead atoms. The van der Waals surface area contributed by atoms with Crippen LogP contribution in [0.3, 0.4) is 0 Å². The van der Waals surface area contributed by atoms with Gasteiger partial charge in [0.05, 0.1) is 13.5 Å². The van der Waals surface area contributed by atoms with Crippen LogP contribution in [0.4, 0.5) is 0 Å². The molecule has 1 N–H and O–H groups in total. The van der Waals surface area contributed by atoms with Crippen molar-refractivity contribution in [3.05, 3.63) is 64.7 Å². The quantitative estimate of drug-likeness (QED) is 0.679. The predicted octanol–water partition coefficient (Wildman–Crippen LogP) is 4.04. The average molecular weight is 411 g/mol. The molecule has 1 atom stereocenters. The molecule has 0 aliphatic carbocycles. The number of aryl methyl sites for hydroxylation is 2. The maximum absolute atomic E-state index is 13.3. The summed E-state index contributed by atoms with van der Waals surface area (Å²) in [5.74, 6) is 0.908. The van der Waals surface area contributed by atoms with Gasteiger partial charge >= 0.3 is 0 Å². The van der Waals surface area contributed by atoms with Gasteiger partial charge in [-0.15, -0.1) is 0 Å². The highest BCUT2D eigenvalue weighted by atomic mass is 16.5. The van der Waals surface area contributed by atoms with Crippen molar-refractivity contribution in [1.29, 1.82) is 0 Å². The lowest BCUT2D eigenvalue weighted by Crippen LogP contribution is -2.48. The molecular weight excluding hydrogens is 376 g/mol. The SMILES string of the molecule is COc1ccc(CN(C(=O)Cc2cc(C)cc(C)c2)[C@H](C)C(=O)NCC(C)C)cc1. The van der Waals surface area contributed by atoms with Gasteiger partial charge in [0.25, 0.3) is 0 Å². The summed E-state index contributed by atoms with van der Waals surface area (Å²) >= 11 is 0. The topological polar surface area (TPSA) is 58.6 Å². The van der Waals surface area contributed by atoms with Crippen molar-refractivity contribution < 1.29 is 14.3 Å². The van der Waals surface area contributed by atoms with Crippen molar-refractivity contribution in [2.75, 3.05) is 13.7 Å². The highest BCUT2D eigenvalue weighted by Crippen LogP contribution is 2.17. The van der Waals surface area contributed by atoms with E-state index in [-0.39, 0.29) is 18.2 Å². The molecule has 0 aliphatic rings. The Morgan fingerprint density at radius 3 is 2.10 bits per heavy atom. The van der Waals surface area contributed by atoms with Crippen LogP contribution in [0.15, 0.2) is 42.5 Å². The Bertz CT molecular complexity index is 839. The molecule has 0 fully saturated rings. The number of hydrogen-bond donors (Lipinski definition) is 1. The average Bonchev–Trinajstić information content (AvgIpc) is 2.69. The molecule has 5 nitrogen and oxygen atoms in total. The minimum atomic E-state index is -0.566. The number of nitrogens with one attached hydrogen (secondary N) is 1. The number of carbonyl (C=O) groups is 2. The Kier molecular flexibility index (Phi) is 8.46. The normalized spacial score (nSPS) is 11.8. The number of nitrogens with zero attached hydrogens (tertiary/aromatic N) is 1. The molecule has 0 saturated carbocycles. The van der Waals surface area contributed by atoms with Crippen molar-refractivity contribution in [2.24, 2.45) is 5.92 Å². The molecule has 5 heteroatoms. The summed E-state index contributed by atoms with van der Waals surface area (Å²) in [4.78, 5) is 27.6. The molecule has 0 spiro atoms. The third-order valence-corrected chi connectivity index (χ3v) is 5.00. The molecule has 0 radical (unpaired) electrons. The van der Waals surface area contributed by atoms with Gasteiger partial charge in [-0.2, -0.15) is 0 Å². The second-order valence-electron chi connectivity index (χ2n) is 8.36. The maximum atomic E-state index is 13.3. The zero-order chi connectivity index (χ0) is 22.3. The Morgan fingerprint density at radius 1 is 0.967 bits per heavy atom. The standard InChI is InChI=1S/C25H34N2O3/c1-17(2)15-26-25(29)20(5)27(16-21-7-9-23(30-6)10-8-21)24(28)14-22-12-18(3)11-19(4)13-22/h7-13,17,20H,14-16H2,1-6H3,(H,26,29)/t20-/m1/s1. The molecule has 2 aromatic rings. The zero-order valence-corrected chi connectivity index (χ0v) is 19.0. The third kappa shape index (κ3) is 6.90. The Labute approximate surface area is 180 Å². The van der Waals surface area contributed by atoms with Crippen LogP contribution in [-0.4, -0.2) is 36.4 Å². The monoisotopic (exact) mass is 410 g/mol. The van der Waals surface area contributed by atoms with Gasteiger partial charge in [-0.05, 0) is 49.9 Å². The third-order valence-electron chi connectivity index (χ3n) is 5.00. The minimum Gasteiger partial charge on any atom is -0.497 e. The van der Waals surface area contributed by atoms with Crippen LogP contribution in [0.5, 0.6) is 5.75 Å². The first kappa shape index (κ1) is 23.5. The van der Waals surface area contributed by atoms with Gasteiger partial charge in [0.15, 0.2) is 0 Å². The Morgan fingerprint density at radius 2 is 1.57 bits per heavy atom. The predicted molar refractivity (Wildman–Crippen MR) is 120 cm³/mol. The maximum Gasteiger partial charge on any atom is 0.242 e. The van der Waals surface area contributed by atoms with Gasteiger partial charge in [-0.25, -0.2) is 0 Å². The van der Waals surface area contributed by atoms with Crippen LogP contribution < -0.4 is 10.1 Å². The van der Waals surface area contributed by atoms with Crippen molar-refractivity contribution in [3.63, 3.8) is 0 Å². The molecule has 2 amide bonds. The van der Waals surface area contributed by atoms with Gasteiger partial charge in [-0.3, -0.25) is 9.59 Å². The van der Waals surface area contributed by atoms with E-state index < -0.39 is 6.04 Å². The van der Waals surface area contributed by atoms with Crippen LogP contribution >= 0.6 is 0 Å². The van der Waals surface area contributed by atoms with E-state index in [4.69, 9.17) is 4.74 Å². The lowest BCUT2D eigenvalue weighted by Gasteiger charge is -2.29. The van der Waals surface area contributed by atoms with Gasteiger partial charge in [0.1, 0.15) is 11.8 Å². The number of hydrogen-bond acceptors (Lipinski definition) is 3. The fraction of sp³-hybridized carbons (Fsp3) is 0.440. The van der Waals surface area contributed by atoms with E-state index in [0.29, 0.717) is 19.0 Å². The lowest BCUT2D eigenvalue weighted by atomic mass is 10.0. The number of benzene rings is 2. The first-order valence-corrected chi connectivity index (χ1v) is 10.5. The van der Waals surface area contributed by atoms with E-state index in [1.54, 1.807) is 18.9 Å². The molecule has 0 heterocycles. The first-order chi connectivity index (χ1) is 14.2. The van der Waals surface area contributed by atoms with E-state index in [1.165, 1.54) is 0 Å². The number of methoxy groups -OCH3 is 1. The van der Waals surface area contributed by atoms with Crippen LogP contribution in [0.1, 0.15) is 43.0 Å². The Balaban J connectivity index is 2.23. The van der Waals surface area contributed by atoms with Crippen LogP contribution in [0.25, 0.3) is 0 Å². The van der Waals surface area contributed by atoms with Crippen LogP contribution in [0.2, 0.25) is 0 Å². The Hall–Kier alpha value is -2.82. The van der Waals surface area contributed by atoms with E-state index in [1.807, 2.05) is 64.1 Å². The van der Waals surface area contributed by atoms with Crippen molar-refractivity contribution >= 4 is 11.8 Å². The fourth-order valence-corrected chi connectivity index (χ4v) is 3.41. The highest BCUT2D eigenvalue weighted by molar-refractivity contribution is 5.88. The van der Waals surface area contributed by atoms with Gasteiger partial charge in [0, 0.05) is 13.1 Å². The van der Waals surface area contributed by atoms with E-state index in [0.717, 1.165) is 28.0 Å². The summed E-state index contributed by atoms with van der Waals surface area (Å²) in [6, 6.07) is 13.2. The zero-order valence-electron chi connectivity index (χ0n) is 19.0. The molecule has 30 heavy (non-hydrogen) atoms. The molecule has 2 rings (SSSR count). The molecule has 0 aliphatic heterocycles. The van der Waals surface area contributed by atoms with E-state index >= 15 is 0 Å². The summed E-state index contributed by atoms with van der Waals surface area (Å²) in [5, 5.41) is 2.95. The highest BCUT2D eigenvalue weighted by Gasteiger charge is 2.26. The molecule has 0 saturated heterocycles. The molecular formula is C25H34N2O3. The smallest absolute Gasteiger partial charge is 0.242 e. The van der Waals surface area contributed by atoms with Gasteiger partial charge < -0.3 is 15.0 Å². The first-order valence-electron chi connectivity index (χ1n) is 10.5. The molecule has 0 unspecified atom stereocenters. The lowest BCUT2D eigenvalue weighted by molar-refractivity contribution is -0.140. The summed E-state index contributed by atoms with van der Waals surface area (Å²) < 4.78 is 5.22. The second kappa shape index (κ2) is 10.8. The second-order valence-corrected chi connectivity index (χ2v) is 8.36. The summed E-state index contributed by atoms with van der Waals surface area (Å²) in [6.07, 6.45) is 0.264. The van der Waals surface area contributed by atoms with E-state index in [9.17, 15) is 9.59 Å². The van der Waals surface area contributed by atoms with Crippen molar-refractivity contribution in [1.82, 2.24) is 10.2 Å². The van der Waals surface area contributed by atoms with Crippen LogP contribution in [0, 0.1) is 19.8 Å². The number of ether oxygens (including phenoxy) is 1. The molecule has 0 aromatic heterocycles. The molecule has 162 valence electrons. The fourth-order valence-electron chi connectivity index (χ4n) is 3.41. The minimum absolute atomic E-state index is 0.0667. The molecule has 2 aromatic carbocycles. The summed E-state index contributed by atoms with van der Waals surface area (Å²) in [7, 11) is 1.62. The van der Waals surface area contributed by atoms with Crippen molar-refractivity contribution in [2.45, 2.75) is 53.6 Å². The van der Waals surface area contributed by atoms with Crippen LogP contribution in [-0.2, 0) is 22.6 Å². The summed E-state index contributed by atoms with van der Waals surface area (Å²) in [6.45, 7) is 10.9. The largest absolute Gasteiger partial charge is 0.497 e. The van der Waals surface area contributed by atoms with E-state index in [2.05, 4.69) is 11.4 Å². The number of amides is 2. The number of carbonyl (C=O) groups excluding carboxylic acids is 2.